The molecule has 1 fully saturated rings. The van der Waals surface area contributed by atoms with Crippen molar-refractivity contribution in [2.24, 2.45) is 18.4 Å². The van der Waals surface area contributed by atoms with Gasteiger partial charge in [0, 0.05) is 42.6 Å². The predicted octanol–water partition coefficient (Wildman–Crippen LogP) is 6.97. The second kappa shape index (κ2) is 13.6. The van der Waals surface area contributed by atoms with E-state index in [0.29, 0.717) is 18.4 Å². The number of amides is 2. The molecule has 0 spiro atoms. The summed E-state index contributed by atoms with van der Waals surface area (Å²) in [6.45, 7) is 4.16. The van der Waals surface area contributed by atoms with Crippen molar-refractivity contribution in [1.82, 2.24) is 20.2 Å². The molecule has 8 nitrogen and oxygen atoms in total. The van der Waals surface area contributed by atoms with Gasteiger partial charge in [-0.25, -0.2) is 26.9 Å². The van der Waals surface area contributed by atoms with Crippen LogP contribution in [0.15, 0.2) is 24.3 Å². The van der Waals surface area contributed by atoms with Gasteiger partial charge in [0.25, 0.3) is 12.3 Å². The SMILES string of the molecule is Cn1c(Nc2c(Cl)ccc(CNC(=O)C(C)(C)C)c2F)nc2cc(C(=O)N[C@H]3CC[C@H](C(F)F)CC3)c(OCC(F)F)cc21. The average molecular weight is 644 g/mol. The largest absolute Gasteiger partial charge is 0.487 e. The Morgan fingerprint density at radius 3 is 2.41 bits per heavy atom. The van der Waals surface area contributed by atoms with E-state index in [1.807, 2.05) is 0 Å². The molecule has 3 aromatic rings. The fourth-order valence-corrected chi connectivity index (χ4v) is 5.15. The van der Waals surface area contributed by atoms with Crippen molar-refractivity contribution in [2.45, 2.75) is 71.9 Å². The number of nitrogens with zero attached hydrogens (tertiary/aromatic N) is 2. The van der Waals surface area contributed by atoms with Crippen molar-refractivity contribution >= 4 is 46.1 Å². The minimum Gasteiger partial charge on any atom is -0.487 e. The third-order valence-corrected chi connectivity index (χ3v) is 7.90. The number of carbonyl (C=O) groups is 2. The number of imidazole rings is 1. The van der Waals surface area contributed by atoms with Crippen molar-refractivity contribution in [2.75, 3.05) is 11.9 Å². The summed E-state index contributed by atoms with van der Waals surface area (Å²) in [4.78, 5) is 30.0. The van der Waals surface area contributed by atoms with Crippen molar-refractivity contribution in [1.29, 1.82) is 0 Å². The summed E-state index contributed by atoms with van der Waals surface area (Å²) in [5.74, 6) is -2.30. The molecule has 2 aromatic carbocycles. The summed E-state index contributed by atoms with van der Waals surface area (Å²) < 4.78 is 74.5. The number of ether oxygens (including phenoxy) is 1. The monoisotopic (exact) mass is 643 g/mol. The highest BCUT2D eigenvalue weighted by Crippen LogP contribution is 2.34. The Morgan fingerprint density at radius 2 is 1.80 bits per heavy atom. The number of alkyl halides is 4. The Kier molecular flexibility index (Phi) is 10.3. The van der Waals surface area contributed by atoms with Gasteiger partial charge in [-0.05, 0) is 37.8 Å². The molecule has 44 heavy (non-hydrogen) atoms. The van der Waals surface area contributed by atoms with Gasteiger partial charge >= 0.3 is 0 Å². The van der Waals surface area contributed by atoms with E-state index in [-0.39, 0.29) is 70.4 Å². The molecule has 2 amide bonds. The molecule has 3 N–H and O–H groups in total. The Bertz CT molecular complexity index is 1520. The van der Waals surface area contributed by atoms with Crippen molar-refractivity contribution in [3.8, 4) is 5.75 Å². The van der Waals surface area contributed by atoms with Crippen LogP contribution in [0.1, 0.15) is 62.4 Å². The van der Waals surface area contributed by atoms with E-state index in [4.69, 9.17) is 16.3 Å². The maximum Gasteiger partial charge on any atom is 0.272 e. The van der Waals surface area contributed by atoms with Crippen LogP contribution < -0.4 is 20.7 Å². The summed E-state index contributed by atoms with van der Waals surface area (Å²) in [7, 11) is 1.59. The maximum atomic E-state index is 15.5. The number of anilines is 2. The topological polar surface area (TPSA) is 97.3 Å². The van der Waals surface area contributed by atoms with E-state index in [0.717, 1.165) is 0 Å². The lowest BCUT2D eigenvalue weighted by molar-refractivity contribution is -0.128. The van der Waals surface area contributed by atoms with Crippen LogP contribution >= 0.6 is 11.6 Å². The second-order valence-corrected chi connectivity index (χ2v) is 12.3. The molecule has 240 valence electrons. The number of nitrogens with one attached hydrogen (secondary N) is 3. The fourth-order valence-electron chi connectivity index (χ4n) is 4.96. The molecular formula is C30H35ClF5N5O3. The highest BCUT2D eigenvalue weighted by Gasteiger charge is 2.29. The zero-order valence-corrected chi connectivity index (χ0v) is 25.5. The van der Waals surface area contributed by atoms with E-state index < -0.39 is 42.5 Å². The van der Waals surface area contributed by atoms with Gasteiger partial charge < -0.3 is 25.3 Å². The van der Waals surface area contributed by atoms with Crippen LogP contribution in [0.3, 0.4) is 0 Å². The minimum atomic E-state index is -2.81. The molecule has 1 aliphatic rings. The third-order valence-electron chi connectivity index (χ3n) is 7.58. The molecule has 0 radical (unpaired) electrons. The molecule has 4 rings (SSSR count). The number of hydrogen-bond acceptors (Lipinski definition) is 5. The fraction of sp³-hybridized carbons (Fsp3) is 0.500. The summed E-state index contributed by atoms with van der Waals surface area (Å²) in [5, 5.41) is 8.40. The van der Waals surface area contributed by atoms with Crippen molar-refractivity contribution < 1.29 is 36.3 Å². The molecule has 14 heteroatoms. The van der Waals surface area contributed by atoms with Crippen LogP contribution in [-0.2, 0) is 18.4 Å². The lowest BCUT2D eigenvalue weighted by atomic mass is 9.86. The van der Waals surface area contributed by atoms with Gasteiger partial charge in [-0.1, -0.05) is 38.4 Å². The Hall–Kier alpha value is -3.61. The number of aryl methyl sites for hydroxylation is 1. The van der Waals surface area contributed by atoms with Gasteiger partial charge in [0.15, 0.2) is 5.82 Å². The van der Waals surface area contributed by atoms with E-state index in [1.165, 1.54) is 28.8 Å². The molecule has 0 bridgehead atoms. The molecule has 1 heterocycles. The van der Waals surface area contributed by atoms with Gasteiger partial charge in [-0.15, -0.1) is 0 Å². The molecule has 0 aliphatic heterocycles. The number of carbonyl (C=O) groups excluding carboxylic acids is 2. The number of benzene rings is 2. The van der Waals surface area contributed by atoms with Crippen LogP contribution in [0.5, 0.6) is 5.75 Å². The first kappa shape index (κ1) is 33.3. The Morgan fingerprint density at radius 1 is 1.11 bits per heavy atom. The summed E-state index contributed by atoms with van der Waals surface area (Å²) in [6, 6.07) is 5.33. The molecule has 0 saturated heterocycles. The zero-order valence-electron chi connectivity index (χ0n) is 24.7. The number of rotatable bonds is 10. The van der Waals surface area contributed by atoms with Crippen molar-refractivity contribution in [3.05, 3.63) is 46.2 Å². The summed E-state index contributed by atoms with van der Waals surface area (Å²) >= 11 is 6.31. The predicted molar refractivity (Wildman–Crippen MR) is 157 cm³/mol. The number of fused-ring (bicyclic) bond motifs is 1. The third kappa shape index (κ3) is 7.72. The molecular weight excluding hydrogens is 609 g/mol. The first-order chi connectivity index (χ1) is 20.6. The standard InChI is InChI=1S/C30H35ClF5N5O3/c1-30(2,3)28(43)37-13-16-7-10-19(31)25(24(16)34)40-29-39-20-11-18(22(44-14-23(32)33)12-21(20)41(29)4)27(42)38-17-8-5-15(6-9-17)26(35)36/h7,10-12,15,17,23,26H,5-6,8-9,13-14H2,1-4H3,(H,37,43)(H,38,42)(H,39,40)/t15-,17-. The highest BCUT2D eigenvalue weighted by atomic mass is 35.5. The van der Waals surface area contributed by atoms with Gasteiger partial charge in [0.2, 0.25) is 18.3 Å². The minimum absolute atomic E-state index is 0.0445. The first-order valence-corrected chi connectivity index (χ1v) is 14.6. The summed E-state index contributed by atoms with van der Waals surface area (Å²) in [6.07, 6.45) is -3.99. The second-order valence-electron chi connectivity index (χ2n) is 11.9. The zero-order chi connectivity index (χ0) is 32.3. The maximum absolute atomic E-state index is 15.5. The molecule has 0 unspecified atom stereocenters. The van der Waals surface area contributed by atoms with Crippen LogP contribution in [0.2, 0.25) is 5.02 Å². The van der Waals surface area contributed by atoms with Gasteiger partial charge in [0.1, 0.15) is 12.4 Å². The van der Waals surface area contributed by atoms with Crippen molar-refractivity contribution in [3.63, 3.8) is 0 Å². The number of aromatic nitrogens is 2. The summed E-state index contributed by atoms with van der Waals surface area (Å²) in [5.41, 5.74) is 0.0153. The molecule has 1 aliphatic carbocycles. The normalized spacial score (nSPS) is 17.3. The van der Waals surface area contributed by atoms with Crippen LogP contribution in [0, 0.1) is 17.2 Å². The Labute approximate surface area is 256 Å². The lowest BCUT2D eigenvalue weighted by Crippen LogP contribution is -2.38. The molecule has 1 aromatic heterocycles. The van der Waals surface area contributed by atoms with E-state index in [9.17, 15) is 27.2 Å². The van der Waals surface area contributed by atoms with Crippen LogP contribution in [0.25, 0.3) is 11.0 Å². The average Bonchev–Trinajstić information content (AvgIpc) is 3.26. The molecule has 1 saturated carbocycles. The highest BCUT2D eigenvalue weighted by molar-refractivity contribution is 6.33. The van der Waals surface area contributed by atoms with Gasteiger partial charge in [-0.3, -0.25) is 9.59 Å². The molecule has 0 atom stereocenters. The number of halogens is 6. The number of hydrogen-bond donors (Lipinski definition) is 3. The van der Waals surface area contributed by atoms with Gasteiger partial charge in [0.05, 0.1) is 27.3 Å². The smallest absolute Gasteiger partial charge is 0.272 e. The van der Waals surface area contributed by atoms with Crippen LogP contribution in [0.4, 0.5) is 33.6 Å². The van der Waals surface area contributed by atoms with E-state index in [2.05, 4.69) is 20.9 Å². The lowest BCUT2D eigenvalue weighted by Gasteiger charge is -2.28. The first-order valence-electron chi connectivity index (χ1n) is 14.2. The van der Waals surface area contributed by atoms with Crippen LogP contribution in [-0.4, -0.2) is 46.9 Å². The quantitative estimate of drug-likeness (QED) is 0.207. The Balaban J connectivity index is 1.61. The van der Waals surface area contributed by atoms with E-state index >= 15 is 4.39 Å². The van der Waals surface area contributed by atoms with Gasteiger partial charge in [-0.2, -0.15) is 0 Å². The van der Waals surface area contributed by atoms with E-state index in [1.54, 1.807) is 27.8 Å².